The minimum absolute atomic E-state index is 0.000741. The molecule has 0 amide bonds. The molecular weight excluding hydrogens is 342 g/mol. The molecule has 0 fully saturated rings. The molecule has 0 heterocycles. The van der Waals surface area contributed by atoms with Crippen LogP contribution in [0, 0.1) is 15.2 Å². The van der Waals surface area contributed by atoms with Crippen molar-refractivity contribution in [3.63, 3.8) is 0 Å². The van der Waals surface area contributed by atoms with Gasteiger partial charge in [0, 0.05) is 3.57 Å². The van der Waals surface area contributed by atoms with Gasteiger partial charge in [0.1, 0.15) is 17.2 Å². The van der Waals surface area contributed by atoms with E-state index in [9.17, 15) is 13.3 Å². The zero-order valence-electron chi connectivity index (χ0n) is 8.50. The van der Waals surface area contributed by atoms with Gasteiger partial charge < -0.3 is 0 Å². The van der Waals surface area contributed by atoms with Crippen molar-refractivity contribution in [1.82, 2.24) is 0 Å². The van der Waals surface area contributed by atoms with Crippen molar-refractivity contribution in [3.8, 4) is 0 Å². The zero-order chi connectivity index (χ0) is 12.4. The van der Waals surface area contributed by atoms with E-state index in [0.29, 0.717) is 3.57 Å². The van der Waals surface area contributed by atoms with Crippen LogP contribution >= 0.6 is 22.6 Å². The lowest BCUT2D eigenvalue weighted by Gasteiger charge is -2.15. The van der Waals surface area contributed by atoms with Crippen LogP contribution in [-0.4, -0.2) is 0 Å². The summed E-state index contributed by atoms with van der Waals surface area (Å²) in [4.78, 5) is 0. The van der Waals surface area contributed by atoms with E-state index in [4.69, 9.17) is 0 Å². The van der Waals surface area contributed by atoms with E-state index in [0.717, 1.165) is 6.07 Å². The average Bonchev–Trinajstić information content (AvgIpc) is 2.29. The predicted octanol–water partition coefficient (Wildman–Crippen LogP) is 4.59. The third kappa shape index (κ3) is 2.54. The summed E-state index contributed by atoms with van der Waals surface area (Å²) in [5.41, 5.74) is -0.622. The molecule has 2 aromatic rings. The maximum Gasteiger partial charge on any atom is 0.150 e. The number of rotatable bonds is 2. The topological polar surface area (TPSA) is 3.24 Å². The van der Waals surface area contributed by atoms with E-state index in [2.05, 4.69) is 0 Å². The standard InChI is InChI=1S/C12H7F3IN/c13-9-3-1-2-4-11(9)17(15)12-6-5-8(16)7-10(12)14/h1-7H. The SMILES string of the molecule is Fc1ccccc1N(F)c1ccc(I)cc1F. The van der Waals surface area contributed by atoms with Crippen molar-refractivity contribution < 1.29 is 13.3 Å². The third-order valence-electron chi connectivity index (χ3n) is 2.19. The largest absolute Gasteiger partial charge is 0.205 e. The molecule has 88 valence electrons. The van der Waals surface area contributed by atoms with E-state index < -0.39 is 11.6 Å². The highest BCUT2D eigenvalue weighted by Gasteiger charge is 2.16. The molecule has 0 aromatic heterocycles. The molecule has 2 aromatic carbocycles. The molecule has 0 atom stereocenters. The Balaban J connectivity index is 2.44. The molecule has 0 saturated heterocycles. The van der Waals surface area contributed by atoms with Crippen LogP contribution < -0.4 is 5.12 Å². The van der Waals surface area contributed by atoms with Gasteiger partial charge in [-0.1, -0.05) is 16.6 Å². The maximum atomic E-state index is 13.9. The van der Waals surface area contributed by atoms with Crippen LogP contribution in [0.25, 0.3) is 0 Å². The lowest BCUT2D eigenvalue weighted by molar-refractivity contribution is 0.476. The van der Waals surface area contributed by atoms with Crippen LogP contribution in [0.5, 0.6) is 0 Å². The lowest BCUT2D eigenvalue weighted by Crippen LogP contribution is -2.07. The third-order valence-corrected chi connectivity index (χ3v) is 2.86. The van der Waals surface area contributed by atoms with Gasteiger partial charge in [-0.25, -0.2) is 8.78 Å². The molecule has 17 heavy (non-hydrogen) atoms. The summed E-state index contributed by atoms with van der Waals surface area (Å²) in [6, 6.07) is 9.28. The van der Waals surface area contributed by atoms with Gasteiger partial charge in [-0.3, -0.25) is 0 Å². The number of anilines is 2. The first kappa shape index (κ1) is 12.2. The average molecular weight is 349 g/mol. The Morgan fingerprint density at radius 3 is 2.18 bits per heavy atom. The van der Waals surface area contributed by atoms with Crippen LogP contribution in [0.3, 0.4) is 0 Å². The molecule has 0 saturated carbocycles. The Kier molecular flexibility index (Phi) is 3.56. The summed E-state index contributed by atoms with van der Waals surface area (Å²) in [6.07, 6.45) is 0. The highest BCUT2D eigenvalue weighted by Crippen LogP contribution is 2.30. The molecule has 0 aliphatic heterocycles. The Morgan fingerprint density at radius 2 is 1.53 bits per heavy atom. The first-order valence-electron chi connectivity index (χ1n) is 4.75. The van der Waals surface area contributed by atoms with Gasteiger partial charge in [-0.2, -0.15) is 5.12 Å². The van der Waals surface area contributed by atoms with Crippen molar-refractivity contribution in [2.24, 2.45) is 0 Å². The van der Waals surface area contributed by atoms with Crippen LogP contribution in [-0.2, 0) is 0 Å². The van der Waals surface area contributed by atoms with Gasteiger partial charge in [0.15, 0.2) is 5.82 Å². The van der Waals surface area contributed by atoms with Gasteiger partial charge in [-0.05, 0) is 52.9 Å². The zero-order valence-corrected chi connectivity index (χ0v) is 10.7. The molecule has 1 nitrogen and oxygen atoms in total. The number of para-hydroxylation sites is 1. The number of benzene rings is 2. The van der Waals surface area contributed by atoms with Gasteiger partial charge in [-0.15, -0.1) is 0 Å². The van der Waals surface area contributed by atoms with E-state index in [1.807, 2.05) is 22.6 Å². The van der Waals surface area contributed by atoms with E-state index in [1.165, 1.54) is 30.3 Å². The lowest BCUT2D eigenvalue weighted by atomic mass is 10.2. The molecule has 0 N–H and O–H groups in total. The van der Waals surface area contributed by atoms with Crippen LogP contribution in [0.15, 0.2) is 42.5 Å². The van der Waals surface area contributed by atoms with Gasteiger partial charge >= 0.3 is 0 Å². The molecule has 0 radical (unpaired) electrons. The van der Waals surface area contributed by atoms with Crippen LogP contribution in [0.2, 0.25) is 0 Å². The molecule has 5 heteroatoms. The fraction of sp³-hybridized carbons (Fsp3) is 0. The second-order valence-electron chi connectivity index (χ2n) is 3.33. The van der Waals surface area contributed by atoms with Crippen molar-refractivity contribution >= 4 is 34.0 Å². The summed E-state index contributed by atoms with van der Waals surface area (Å²) in [5.74, 6) is -1.48. The fourth-order valence-corrected chi connectivity index (χ4v) is 1.83. The van der Waals surface area contributed by atoms with E-state index >= 15 is 0 Å². The fourth-order valence-electron chi connectivity index (χ4n) is 1.38. The minimum Gasteiger partial charge on any atom is -0.205 e. The smallest absolute Gasteiger partial charge is 0.150 e. The Hall–Kier alpha value is -1.24. The molecule has 0 bridgehead atoms. The second kappa shape index (κ2) is 4.95. The summed E-state index contributed by atoms with van der Waals surface area (Å²) in [6.45, 7) is 0. The van der Waals surface area contributed by atoms with Crippen molar-refractivity contribution in [3.05, 3.63) is 57.7 Å². The number of halogens is 4. The minimum atomic E-state index is -0.743. The molecular formula is C12H7F3IN. The van der Waals surface area contributed by atoms with Crippen molar-refractivity contribution in [2.75, 3.05) is 5.12 Å². The monoisotopic (exact) mass is 349 g/mol. The Morgan fingerprint density at radius 1 is 0.882 bits per heavy atom. The predicted molar refractivity (Wildman–Crippen MR) is 68.8 cm³/mol. The first-order valence-corrected chi connectivity index (χ1v) is 5.83. The van der Waals surface area contributed by atoms with Gasteiger partial charge in [0.2, 0.25) is 0 Å². The van der Waals surface area contributed by atoms with Crippen molar-refractivity contribution in [1.29, 1.82) is 0 Å². The summed E-state index contributed by atoms with van der Waals surface area (Å²) in [7, 11) is 0. The van der Waals surface area contributed by atoms with Crippen LogP contribution in [0.4, 0.5) is 24.6 Å². The molecule has 0 spiro atoms. The second-order valence-corrected chi connectivity index (χ2v) is 4.57. The normalized spacial score (nSPS) is 10.4. The number of nitrogens with zero attached hydrogens (tertiary/aromatic N) is 1. The molecule has 2 rings (SSSR count). The summed E-state index contributed by atoms with van der Waals surface area (Å²) in [5, 5.41) is 0.000741. The Labute approximate surface area is 110 Å². The Bertz CT molecular complexity index is 545. The number of hydrogen-bond donors (Lipinski definition) is 0. The highest BCUT2D eigenvalue weighted by molar-refractivity contribution is 14.1. The maximum absolute atomic E-state index is 13.9. The molecule has 0 aliphatic rings. The molecule has 0 aliphatic carbocycles. The van der Waals surface area contributed by atoms with Crippen molar-refractivity contribution in [2.45, 2.75) is 0 Å². The van der Waals surface area contributed by atoms with Gasteiger partial charge in [0.05, 0.1) is 0 Å². The van der Waals surface area contributed by atoms with E-state index in [-0.39, 0.29) is 16.5 Å². The highest BCUT2D eigenvalue weighted by atomic mass is 127. The summed E-state index contributed by atoms with van der Waals surface area (Å²) >= 11 is 1.91. The quantitative estimate of drug-likeness (QED) is 0.566. The van der Waals surface area contributed by atoms with E-state index in [1.54, 1.807) is 6.07 Å². The molecule has 0 unspecified atom stereocenters. The number of hydrogen-bond acceptors (Lipinski definition) is 1. The van der Waals surface area contributed by atoms with Gasteiger partial charge in [0.25, 0.3) is 0 Å². The van der Waals surface area contributed by atoms with Crippen LogP contribution in [0.1, 0.15) is 0 Å². The first-order chi connectivity index (χ1) is 8.09. The summed E-state index contributed by atoms with van der Waals surface area (Å²) < 4.78 is 41.4.